The number of likely N-dealkylation sites (N-methyl/N-ethyl adjacent to an activating group) is 1. The molecule has 2 fully saturated rings. The van der Waals surface area contributed by atoms with Gasteiger partial charge in [-0.3, -0.25) is 0 Å². The van der Waals surface area contributed by atoms with Gasteiger partial charge >= 0.3 is 0 Å². The highest BCUT2D eigenvalue weighted by Gasteiger charge is 2.54. The summed E-state index contributed by atoms with van der Waals surface area (Å²) in [6.07, 6.45) is -1.63. The highest BCUT2D eigenvalue weighted by atomic mass is 16.8. The lowest BCUT2D eigenvalue weighted by molar-refractivity contribution is -0.215. The summed E-state index contributed by atoms with van der Waals surface area (Å²) in [5.74, 6) is -0.653. The molecular formula is C10H19NO4. The molecule has 2 rings (SSSR count). The first kappa shape index (κ1) is 11.3. The highest BCUT2D eigenvalue weighted by Crippen LogP contribution is 2.37. The Morgan fingerprint density at radius 3 is 2.47 bits per heavy atom. The molecule has 88 valence electrons. The summed E-state index contributed by atoms with van der Waals surface area (Å²) in [5, 5.41) is 9.98. The standard InChI is InChI=1S/C10H19NO4/c1-10(2)14-8-7(12)6(5-11(3)4)13-9(8)15-10/h6-9,12H,5H2,1-4H3/t6-,7-,8?,9-/m1/s1. The molecule has 2 aliphatic rings. The Bertz CT molecular complexity index is 244. The third-order valence-corrected chi connectivity index (χ3v) is 2.66. The molecule has 4 atom stereocenters. The Balaban J connectivity index is 1.99. The molecule has 0 radical (unpaired) electrons. The molecule has 0 aromatic carbocycles. The van der Waals surface area contributed by atoms with Gasteiger partial charge in [0.15, 0.2) is 12.1 Å². The van der Waals surface area contributed by atoms with Crippen molar-refractivity contribution in [3.63, 3.8) is 0 Å². The molecule has 2 aliphatic heterocycles. The maximum absolute atomic E-state index is 9.98. The zero-order chi connectivity index (χ0) is 11.2. The van der Waals surface area contributed by atoms with Gasteiger partial charge in [0.05, 0.1) is 0 Å². The maximum atomic E-state index is 9.98. The maximum Gasteiger partial charge on any atom is 0.190 e. The van der Waals surface area contributed by atoms with Crippen molar-refractivity contribution >= 4 is 0 Å². The number of aliphatic hydroxyl groups excluding tert-OH is 1. The van der Waals surface area contributed by atoms with Crippen LogP contribution in [0.3, 0.4) is 0 Å². The predicted octanol–water partition coefficient (Wildman–Crippen LogP) is -0.215. The third kappa shape index (κ3) is 2.16. The topological polar surface area (TPSA) is 51.2 Å². The van der Waals surface area contributed by atoms with E-state index >= 15 is 0 Å². The summed E-state index contributed by atoms with van der Waals surface area (Å²) < 4.78 is 16.7. The second-order valence-electron chi connectivity index (χ2n) is 4.90. The molecule has 5 nitrogen and oxygen atoms in total. The van der Waals surface area contributed by atoms with Crippen LogP contribution in [0.5, 0.6) is 0 Å². The fourth-order valence-electron chi connectivity index (χ4n) is 2.07. The van der Waals surface area contributed by atoms with Crippen LogP contribution >= 0.6 is 0 Å². The van der Waals surface area contributed by atoms with Crippen molar-refractivity contribution in [3.05, 3.63) is 0 Å². The molecule has 1 unspecified atom stereocenters. The smallest absolute Gasteiger partial charge is 0.190 e. The van der Waals surface area contributed by atoms with Gasteiger partial charge in [-0.1, -0.05) is 0 Å². The van der Waals surface area contributed by atoms with Gasteiger partial charge in [0.2, 0.25) is 0 Å². The van der Waals surface area contributed by atoms with Crippen LogP contribution in [-0.4, -0.2) is 61.0 Å². The SMILES string of the molecule is CN(C)C[C@H]1O[C@@H]2OC(C)(C)OC2[C@@H]1O. The third-order valence-electron chi connectivity index (χ3n) is 2.66. The Hall–Kier alpha value is -0.200. The van der Waals surface area contributed by atoms with E-state index in [1.165, 1.54) is 0 Å². The number of rotatable bonds is 2. The van der Waals surface area contributed by atoms with Crippen molar-refractivity contribution in [1.29, 1.82) is 0 Å². The number of hydrogen-bond acceptors (Lipinski definition) is 5. The summed E-state index contributed by atoms with van der Waals surface area (Å²) in [6.45, 7) is 4.31. The number of nitrogens with zero attached hydrogens (tertiary/aromatic N) is 1. The average molecular weight is 217 g/mol. The van der Waals surface area contributed by atoms with Gasteiger partial charge in [0.1, 0.15) is 18.3 Å². The highest BCUT2D eigenvalue weighted by molar-refractivity contribution is 4.93. The van der Waals surface area contributed by atoms with Crippen molar-refractivity contribution in [2.24, 2.45) is 0 Å². The average Bonchev–Trinajstić information content (AvgIpc) is 2.48. The summed E-state index contributed by atoms with van der Waals surface area (Å²) in [4.78, 5) is 1.97. The second kappa shape index (κ2) is 3.68. The Morgan fingerprint density at radius 1 is 1.27 bits per heavy atom. The fourth-order valence-corrected chi connectivity index (χ4v) is 2.07. The van der Waals surface area contributed by atoms with E-state index in [0.29, 0.717) is 6.54 Å². The van der Waals surface area contributed by atoms with Crippen molar-refractivity contribution in [2.75, 3.05) is 20.6 Å². The molecule has 0 saturated carbocycles. The first-order valence-corrected chi connectivity index (χ1v) is 5.23. The van der Waals surface area contributed by atoms with E-state index in [2.05, 4.69) is 0 Å². The molecule has 1 N–H and O–H groups in total. The largest absolute Gasteiger partial charge is 0.387 e. The molecule has 2 saturated heterocycles. The Morgan fingerprint density at radius 2 is 1.93 bits per heavy atom. The lowest BCUT2D eigenvalue weighted by Gasteiger charge is -2.24. The normalized spacial score (nSPS) is 43.6. The zero-order valence-electron chi connectivity index (χ0n) is 9.64. The van der Waals surface area contributed by atoms with Gasteiger partial charge in [-0.25, -0.2) is 0 Å². The molecule has 2 heterocycles. The van der Waals surface area contributed by atoms with E-state index in [4.69, 9.17) is 14.2 Å². The fraction of sp³-hybridized carbons (Fsp3) is 1.00. The number of fused-ring (bicyclic) bond motifs is 1. The molecular weight excluding hydrogens is 198 g/mol. The van der Waals surface area contributed by atoms with Gasteiger partial charge in [0.25, 0.3) is 0 Å². The van der Waals surface area contributed by atoms with E-state index in [1.54, 1.807) is 0 Å². The number of hydrogen-bond donors (Lipinski definition) is 1. The Kier molecular flexibility index (Phi) is 2.77. The van der Waals surface area contributed by atoms with Crippen LogP contribution in [-0.2, 0) is 14.2 Å². The second-order valence-corrected chi connectivity index (χ2v) is 4.90. The van der Waals surface area contributed by atoms with Gasteiger partial charge in [-0.2, -0.15) is 0 Å². The summed E-state index contributed by atoms with van der Waals surface area (Å²) >= 11 is 0. The van der Waals surface area contributed by atoms with E-state index in [9.17, 15) is 5.11 Å². The van der Waals surface area contributed by atoms with Crippen LogP contribution in [0.4, 0.5) is 0 Å². The lowest BCUT2D eigenvalue weighted by atomic mass is 10.1. The molecule has 0 spiro atoms. The van der Waals surface area contributed by atoms with Crippen LogP contribution < -0.4 is 0 Å². The molecule has 5 heteroatoms. The van der Waals surface area contributed by atoms with Gasteiger partial charge in [-0.15, -0.1) is 0 Å². The molecule has 0 aliphatic carbocycles. The van der Waals surface area contributed by atoms with Crippen molar-refractivity contribution in [1.82, 2.24) is 4.90 Å². The minimum atomic E-state index is -0.653. The number of ether oxygens (including phenoxy) is 3. The summed E-state index contributed by atoms with van der Waals surface area (Å²) in [6, 6.07) is 0. The minimum Gasteiger partial charge on any atom is -0.387 e. The van der Waals surface area contributed by atoms with Crippen molar-refractivity contribution in [2.45, 2.75) is 44.2 Å². The summed E-state index contributed by atoms with van der Waals surface area (Å²) in [7, 11) is 3.88. The molecule has 0 bridgehead atoms. The van der Waals surface area contributed by atoms with Gasteiger partial charge < -0.3 is 24.2 Å². The molecule has 0 aromatic heterocycles. The lowest BCUT2D eigenvalue weighted by Crippen LogP contribution is -2.39. The van der Waals surface area contributed by atoms with E-state index in [-0.39, 0.29) is 12.2 Å². The summed E-state index contributed by atoms with van der Waals surface area (Å²) in [5.41, 5.74) is 0. The van der Waals surface area contributed by atoms with Gasteiger partial charge in [0, 0.05) is 6.54 Å². The quantitative estimate of drug-likeness (QED) is 0.693. The van der Waals surface area contributed by atoms with E-state index in [1.807, 2.05) is 32.8 Å². The van der Waals surface area contributed by atoms with Crippen molar-refractivity contribution < 1.29 is 19.3 Å². The van der Waals surface area contributed by atoms with Crippen LogP contribution in [0.15, 0.2) is 0 Å². The van der Waals surface area contributed by atoms with Crippen molar-refractivity contribution in [3.8, 4) is 0 Å². The Labute approximate surface area is 89.9 Å². The van der Waals surface area contributed by atoms with Crippen LogP contribution in [0, 0.1) is 0 Å². The molecule has 0 amide bonds. The predicted molar refractivity (Wildman–Crippen MR) is 53.3 cm³/mol. The van der Waals surface area contributed by atoms with E-state index < -0.39 is 18.2 Å². The zero-order valence-corrected chi connectivity index (χ0v) is 9.64. The molecule has 0 aromatic rings. The van der Waals surface area contributed by atoms with Crippen LogP contribution in [0.25, 0.3) is 0 Å². The van der Waals surface area contributed by atoms with E-state index in [0.717, 1.165) is 0 Å². The first-order valence-electron chi connectivity index (χ1n) is 5.23. The molecule has 15 heavy (non-hydrogen) atoms. The van der Waals surface area contributed by atoms with Crippen LogP contribution in [0.1, 0.15) is 13.8 Å². The van der Waals surface area contributed by atoms with Crippen LogP contribution in [0.2, 0.25) is 0 Å². The van der Waals surface area contributed by atoms with Gasteiger partial charge in [-0.05, 0) is 27.9 Å². The minimum absolute atomic E-state index is 0.230. The first-order chi connectivity index (χ1) is 6.89. The monoisotopic (exact) mass is 217 g/mol. The number of aliphatic hydroxyl groups is 1.